The number of carbonyl (C=O) groups is 2. The summed E-state index contributed by atoms with van der Waals surface area (Å²) >= 11 is 7.54. The molecule has 0 heterocycles. The minimum absolute atomic E-state index is 0.0892. The zero-order valence-corrected chi connectivity index (χ0v) is 16.0. The van der Waals surface area contributed by atoms with E-state index in [1.54, 1.807) is 30.3 Å². The first-order valence-corrected chi connectivity index (χ1v) is 9.28. The van der Waals surface area contributed by atoms with Crippen molar-refractivity contribution in [1.29, 1.82) is 0 Å². The number of ether oxygens (including phenoxy) is 1. The smallest absolute Gasteiger partial charge is 0.341 e. The molecule has 0 aliphatic rings. The number of carboxylic acids is 1. The first-order chi connectivity index (χ1) is 12.4. The number of benzene rings is 2. The van der Waals surface area contributed by atoms with Crippen LogP contribution in [0, 0.1) is 0 Å². The maximum atomic E-state index is 12.4. The molecule has 0 aromatic heterocycles. The van der Waals surface area contributed by atoms with Crippen molar-refractivity contribution in [1.82, 2.24) is 5.32 Å². The van der Waals surface area contributed by atoms with Crippen LogP contribution in [0.2, 0.25) is 5.02 Å². The number of hydrogen-bond donors (Lipinski definition) is 2. The predicted molar refractivity (Wildman–Crippen MR) is 103 cm³/mol. The maximum absolute atomic E-state index is 12.4. The van der Waals surface area contributed by atoms with Gasteiger partial charge in [-0.3, -0.25) is 4.79 Å². The van der Waals surface area contributed by atoms with Crippen LogP contribution in [-0.4, -0.2) is 28.8 Å². The van der Waals surface area contributed by atoms with E-state index in [1.807, 2.05) is 32.0 Å². The van der Waals surface area contributed by atoms with Gasteiger partial charge in [-0.2, -0.15) is 0 Å². The molecule has 0 aliphatic heterocycles. The average molecular weight is 394 g/mol. The molecule has 0 saturated carbocycles. The topological polar surface area (TPSA) is 75.6 Å². The number of halogens is 1. The molecule has 2 unspecified atom stereocenters. The van der Waals surface area contributed by atoms with Gasteiger partial charge in [0.1, 0.15) is 5.75 Å². The second kappa shape index (κ2) is 9.50. The molecular formula is C19H20ClNO4S. The number of aliphatic carboxylic acids is 1. The van der Waals surface area contributed by atoms with Crippen LogP contribution in [0.1, 0.15) is 25.5 Å². The van der Waals surface area contributed by atoms with E-state index in [9.17, 15) is 9.59 Å². The molecule has 26 heavy (non-hydrogen) atoms. The summed E-state index contributed by atoms with van der Waals surface area (Å²) in [6.45, 7) is 3.33. The number of nitrogens with one attached hydrogen (secondary N) is 1. The number of carboxylic acid groups (broad SMARTS) is 1. The van der Waals surface area contributed by atoms with Gasteiger partial charge in [-0.15, -0.1) is 11.8 Å². The Hall–Kier alpha value is -2.18. The molecule has 5 nitrogen and oxygen atoms in total. The van der Waals surface area contributed by atoms with Gasteiger partial charge in [0.15, 0.2) is 6.61 Å². The van der Waals surface area contributed by atoms with Crippen LogP contribution in [0.25, 0.3) is 0 Å². The second-order valence-electron chi connectivity index (χ2n) is 5.67. The summed E-state index contributed by atoms with van der Waals surface area (Å²) in [5.41, 5.74) is 0.899. The third-order valence-corrected chi connectivity index (χ3v) is 5.23. The van der Waals surface area contributed by atoms with Crippen molar-refractivity contribution >= 4 is 35.2 Å². The minimum Gasteiger partial charge on any atom is -0.482 e. The highest BCUT2D eigenvalue weighted by molar-refractivity contribution is 8.00. The maximum Gasteiger partial charge on any atom is 0.341 e. The lowest BCUT2D eigenvalue weighted by molar-refractivity contribution is -0.139. The zero-order chi connectivity index (χ0) is 19.1. The van der Waals surface area contributed by atoms with E-state index in [-0.39, 0.29) is 23.8 Å². The van der Waals surface area contributed by atoms with Crippen molar-refractivity contribution in [2.24, 2.45) is 0 Å². The summed E-state index contributed by atoms with van der Waals surface area (Å²) in [7, 11) is 0. The van der Waals surface area contributed by atoms with Crippen LogP contribution in [-0.2, 0) is 9.59 Å². The lowest BCUT2D eigenvalue weighted by atomic mass is 10.1. The van der Waals surface area contributed by atoms with Gasteiger partial charge in [0.05, 0.1) is 16.3 Å². The largest absolute Gasteiger partial charge is 0.482 e. The minimum atomic E-state index is -1.03. The molecule has 0 saturated heterocycles. The third kappa shape index (κ3) is 5.97. The normalized spacial score (nSPS) is 12.9. The molecule has 0 fully saturated rings. The van der Waals surface area contributed by atoms with E-state index in [0.29, 0.717) is 10.8 Å². The van der Waals surface area contributed by atoms with Gasteiger partial charge in [0.25, 0.3) is 0 Å². The van der Waals surface area contributed by atoms with E-state index < -0.39 is 5.97 Å². The molecule has 7 heteroatoms. The first-order valence-electron chi connectivity index (χ1n) is 8.03. The first kappa shape index (κ1) is 20.1. The number of amides is 1. The quantitative estimate of drug-likeness (QED) is 0.658. The highest BCUT2D eigenvalue weighted by atomic mass is 35.5. The van der Waals surface area contributed by atoms with E-state index >= 15 is 0 Å². The predicted octanol–water partition coefficient (Wildman–Crippen LogP) is 4.16. The van der Waals surface area contributed by atoms with E-state index in [2.05, 4.69) is 5.32 Å². The Morgan fingerprint density at radius 1 is 1.15 bits per heavy atom. The molecule has 0 spiro atoms. The Bertz CT molecular complexity index is 766. The fourth-order valence-corrected chi connectivity index (χ4v) is 3.36. The van der Waals surface area contributed by atoms with Crippen LogP contribution in [0.4, 0.5) is 0 Å². The van der Waals surface area contributed by atoms with Gasteiger partial charge in [-0.1, -0.05) is 35.9 Å². The lowest BCUT2D eigenvalue weighted by Gasteiger charge is -2.18. The Kier molecular flexibility index (Phi) is 7.36. The summed E-state index contributed by atoms with van der Waals surface area (Å²) in [6, 6.07) is 14.2. The number of rotatable bonds is 8. The van der Waals surface area contributed by atoms with Crippen molar-refractivity contribution in [3.05, 3.63) is 59.1 Å². The van der Waals surface area contributed by atoms with Gasteiger partial charge in [0, 0.05) is 4.90 Å². The molecule has 2 N–H and O–H groups in total. The van der Waals surface area contributed by atoms with Crippen LogP contribution >= 0.6 is 23.4 Å². The van der Waals surface area contributed by atoms with Gasteiger partial charge >= 0.3 is 5.97 Å². The zero-order valence-electron chi connectivity index (χ0n) is 14.4. The molecule has 2 rings (SSSR count). The van der Waals surface area contributed by atoms with E-state index in [4.69, 9.17) is 21.4 Å². The van der Waals surface area contributed by atoms with Crippen LogP contribution in [0.15, 0.2) is 53.4 Å². The molecule has 1 amide bonds. The van der Waals surface area contributed by atoms with E-state index in [0.717, 1.165) is 10.5 Å². The Balaban J connectivity index is 1.91. The monoisotopic (exact) mass is 393 g/mol. The SMILES string of the molecule is CC(Sc1ccccc1Cl)C(=O)NC(C)c1ccc(OCC(=O)O)cc1. The Labute approximate surface area is 161 Å². The Morgan fingerprint density at radius 2 is 1.81 bits per heavy atom. The molecule has 2 aromatic carbocycles. The number of carbonyl (C=O) groups excluding carboxylic acids is 1. The lowest BCUT2D eigenvalue weighted by Crippen LogP contribution is -2.33. The highest BCUT2D eigenvalue weighted by Crippen LogP contribution is 2.30. The fraction of sp³-hybridized carbons (Fsp3) is 0.263. The van der Waals surface area contributed by atoms with Crippen molar-refractivity contribution in [3.63, 3.8) is 0 Å². The molecule has 2 atom stereocenters. The Morgan fingerprint density at radius 3 is 2.42 bits per heavy atom. The fourth-order valence-electron chi connectivity index (χ4n) is 2.20. The molecule has 0 aliphatic carbocycles. The van der Waals surface area contributed by atoms with Gasteiger partial charge in [-0.25, -0.2) is 4.79 Å². The molecule has 2 aromatic rings. The molecule has 0 radical (unpaired) electrons. The third-order valence-electron chi connectivity index (χ3n) is 3.61. The standard InChI is InChI=1S/C19H20ClNO4S/c1-12(14-7-9-15(10-8-14)25-11-18(22)23)21-19(24)13(2)26-17-6-4-3-5-16(17)20/h3-10,12-13H,11H2,1-2H3,(H,21,24)(H,22,23). The number of thioether (sulfide) groups is 1. The summed E-state index contributed by atoms with van der Waals surface area (Å²) < 4.78 is 5.10. The highest BCUT2D eigenvalue weighted by Gasteiger charge is 2.18. The summed E-state index contributed by atoms with van der Waals surface area (Å²) in [5.74, 6) is -0.648. The van der Waals surface area contributed by atoms with Crippen LogP contribution in [0.3, 0.4) is 0 Å². The van der Waals surface area contributed by atoms with Crippen molar-refractivity contribution in [2.75, 3.05) is 6.61 Å². The average Bonchev–Trinajstić information content (AvgIpc) is 2.62. The molecule has 0 bridgehead atoms. The van der Waals surface area contributed by atoms with E-state index in [1.165, 1.54) is 11.8 Å². The number of hydrogen-bond acceptors (Lipinski definition) is 4. The van der Waals surface area contributed by atoms with Gasteiger partial charge < -0.3 is 15.2 Å². The van der Waals surface area contributed by atoms with Crippen molar-refractivity contribution < 1.29 is 19.4 Å². The van der Waals surface area contributed by atoms with Crippen LogP contribution in [0.5, 0.6) is 5.75 Å². The summed E-state index contributed by atoms with van der Waals surface area (Å²) in [4.78, 5) is 23.8. The summed E-state index contributed by atoms with van der Waals surface area (Å²) in [5, 5.41) is 11.9. The molecule has 138 valence electrons. The molecular weight excluding hydrogens is 374 g/mol. The second-order valence-corrected chi connectivity index (χ2v) is 7.46. The van der Waals surface area contributed by atoms with Gasteiger partial charge in [-0.05, 0) is 43.7 Å². The van der Waals surface area contributed by atoms with Crippen molar-refractivity contribution in [3.8, 4) is 5.75 Å². The van der Waals surface area contributed by atoms with Crippen molar-refractivity contribution in [2.45, 2.75) is 30.0 Å². The van der Waals surface area contributed by atoms with Gasteiger partial charge in [0.2, 0.25) is 5.91 Å². The van der Waals surface area contributed by atoms with Crippen LogP contribution < -0.4 is 10.1 Å². The summed E-state index contributed by atoms with van der Waals surface area (Å²) in [6.07, 6.45) is 0.